The fourth-order valence-electron chi connectivity index (χ4n) is 3.60. The molecule has 2 saturated heterocycles. The largest absolute Gasteiger partial charge is 0.367 e. The normalized spacial score (nSPS) is 24.2. The van der Waals surface area contributed by atoms with E-state index in [9.17, 15) is 4.39 Å². The van der Waals surface area contributed by atoms with E-state index in [-0.39, 0.29) is 5.82 Å². The minimum Gasteiger partial charge on any atom is -0.367 e. The van der Waals surface area contributed by atoms with Gasteiger partial charge in [0, 0.05) is 38.8 Å². The molecule has 4 nitrogen and oxygen atoms in total. The highest BCUT2D eigenvalue weighted by atomic mass is 19.1. The highest BCUT2D eigenvalue weighted by Crippen LogP contribution is 2.23. The smallest absolute Gasteiger partial charge is 0.147 e. The number of hydrogen-bond acceptors (Lipinski definition) is 4. The Balaban J connectivity index is 1.61. The second kappa shape index (κ2) is 6.64. The number of nitrogens with zero attached hydrogens (tertiary/aromatic N) is 4. The Morgan fingerprint density at radius 1 is 1.18 bits per heavy atom. The van der Waals surface area contributed by atoms with Gasteiger partial charge in [0.05, 0.1) is 17.3 Å². The van der Waals surface area contributed by atoms with Crippen molar-refractivity contribution in [3.8, 4) is 6.07 Å². The molecule has 0 aromatic heterocycles. The van der Waals surface area contributed by atoms with Gasteiger partial charge in [-0.25, -0.2) is 4.39 Å². The third-order valence-corrected chi connectivity index (χ3v) is 4.85. The molecule has 0 amide bonds. The Labute approximate surface area is 131 Å². The number of benzene rings is 1. The lowest BCUT2D eigenvalue weighted by Gasteiger charge is -2.43. The average Bonchev–Trinajstić information content (AvgIpc) is 2.55. The van der Waals surface area contributed by atoms with Crippen LogP contribution in [0.3, 0.4) is 0 Å². The van der Waals surface area contributed by atoms with E-state index in [4.69, 9.17) is 5.26 Å². The lowest BCUT2D eigenvalue weighted by Crippen LogP contribution is -2.54. The summed E-state index contributed by atoms with van der Waals surface area (Å²) in [6, 6.07) is 7.39. The minimum atomic E-state index is -0.287. The number of hydrogen-bond donors (Lipinski definition) is 0. The van der Waals surface area contributed by atoms with Crippen LogP contribution in [0.2, 0.25) is 0 Å². The van der Waals surface area contributed by atoms with E-state index in [1.54, 1.807) is 12.1 Å². The summed E-state index contributed by atoms with van der Waals surface area (Å²) in [5.74, 6) is -0.287. The van der Waals surface area contributed by atoms with Crippen LogP contribution in [-0.2, 0) is 0 Å². The molecule has 5 heteroatoms. The molecule has 2 aliphatic rings. The number of nitriles is 1. The summed E-state index contributed by atoms with van der Waals surface area (Å²) in [5, 5.41) is 8.82. The molecule has 0 saturated carbocycles. The van der Waals surface area contributed by atoms with Gasteiger partial charge in [-0.15, -0.1) is 0 Å². The van der Waals surface area contributed by atoms with Crippen LogP contribution in [0.1, 0.15) is 18.4 Å². The Bertz CT molecular complexity index is 560. The monoisotopic (exact) mass is 302 g/mol. The molecule has 2 heterocycles. The molecule has 1 aromatic carbocycles. The molecule has 1 unspecified atom stereocenters. The van der Waals surface area contributed by atoms with Crippen molar-refractivity contribution in [1.82, 2.24) is 9.80 Å². The molecule has 0 aliphatic carbocycles. The molecule has 0 bridgehead atoms. The van der Waals surface area contributed by atoms with Crippen molar-refractivity contribution in [3.63, 3.8) is 0 Å². The zero-order valence-electron chi connectivity index (χ0n) is 13.1. The average molecular weight is 302 g/mol. The Morgan fingerprint density at radius 3 is 2.59 bits per heavy atom. The molecule has 2 aliphatic heterocycles. The van der Waals surface area contributed by atoms with Crippen molar-refractivity contribution < 1.29 is 4.39 Å². The van der Waals surface area contributed by atoms with E-state index >= 15 is 0 Å². The van der Waals surface area contributed by atoms with E-state index in [2.05, 4.69) is 21.7 Å². The Kier molecular flexibility index (Phi) is 4.60. The van der Waals surface area contributed by atoms with E-state index in [0.29, 0.717) is 17.3 Å². The third-order valence-electron chi connectivity index (χ3n) is 4.85. The van der Waals surface area contributed by atoms with Crippen molar-refractivity contribution >= 4 is 5.69 Å². The number of piperidine rings is 1. The molecule has 118 valence electrons. The molecular formula is C17H23FN4. The van der Waals surface area contributed by atoms with Crippen LogP contribution >= 0.6 is 0 Å². The SMILES string of the molecule is CN1CCCC(N2CCN(c3ccc(C#N)cc3F)CC2)C1. The quantitative estimate of drug-likeness (QED) is 0.836. The van der Waals surface area contributed by atoms with E-state index in [1.807, 2.05) is 6.07 Å². The summed E-state index contributed by atoms with van der Waals surface area (Å²) >= 11 is 0. The van der Waals surface area contributed by atoms with Gasteiger partial charge >= 0.3 is 0 Å². The second-order valence-corrected chi connectivity index (χ2v) is 6.36. The zero-order valence-corrected chi connectivity index (χ0v) is 13.1. The summed E-state index contributed by atoms with van der Waals surface area (Å²) in [6.07, 6.45) is 2.54. The van der Waals surface area contributed by atoms with Crippen LogP contribution in [0.25, 0.3) is 0 Å². The van der Waals surface area contributed by atoms with Gasteiger partial charge in [0.2, 0.25) is 0 Å². The topological polar surface area (TPSA) is 33.5 Å². The van der Waals surface area contributed by atoms with Gasteiger partial charge in [0.25, 0.3) is 0 Å². The van der Waals surface area contributed by atoms with Gasteiger partial charge in [0.1, 0.15) is 5.82 Å². The Hall–Kier alpha value is -1.64. The first-order valence-electron chi connectivity index (χ1n) is 8.04. The van der Waals surface area contributed by atoms with Gasteiger partial charge < -0.3 is 9.80 Å². The van der Waals surface area contributed by atoms with Crippen molar-refractivity contribution in [2.75, 3.05) is 51.2 Å². The lowest BCUT2D eigenvalue weighted by molar-refractivity contribution is 0.106. The fourth-order valence-corrected chi connectivity index (χ4v) is 3.60. The predicted octanol–water partition coefficient (Wildman–Crippen LogP) is 1.91. The number of likely N-dealkylation sites (tertiary alicyclic amines) is 1. The first-order chi connectivity index (χ1) is 10.7. The number of halogens is 1. The zero-order chi connectivity index (χ0) is 15.5. The van der Waals surface area contributed by atoms with Crippen molar-refractivity contribution in [2.45, 2.75) is 18.9 Å². The molecule has 22 heavy (non-hydrogen) atoms. The predicted molar refractivity (Wildman–Crippen MR) is 85.4 cm³/mol. The van der Waals surface area contributed by atoms with E-state index in [1.165, 1.54) is 25.5 Å². The standard InChI is InChI=1S/C17H23FN4/c1-20-6-2-3-15(13-20)21-7-9-22(10-8-21)17-5-4-14(12-19)11-16(17)18/h4-5,11,15H,2-3,6-10,13H2,1H3. The van der Waals surface area contributed by atoms with Crippen molar-refractivity contribution in [3.05, 3.63) is 29.6 Å². The molecule has 1 atom stereocenters. The minimum absolute atomic E-state index is 0.287. The second-order valence-electron chi connectivity index (χ2n) is 6.36. The maximum Gasteiger partial charge on any atom is 0.147 e. The van der Waals surface area contributed by atoms with Crippen molar-refractivity contribution in [2.24, 2.45) is 0 Å². The van der Waals surface area contributed by atoms with Crippen LogP contribution < -0.4 is 4.90 Å². The highest BCUT2D eigenvalue weighted by molar-refractivity contribution is 5.51. The van der Waals surface area contributed by atoms with Gasteiger partial charge in [0.15, 0.2) is 0 Å². The van der Waals surface area contributed by atoms with E-state index in [0.717, 1.165) is 32.7 Å². The number of piperazine rings is 1. The third kappa shape index (κ3) is 3.23. The van der Waals surface area contributed by atoms with Crippen LogP contribution in [-0.4, -0.2) is 62.2 Å². The van der Waals surface area contributed by atoms with Crippen LogP contribution in [0.5, 0.6) is 0 Å². The summed E-state index contributed by atoms with van der Waals surface area (Å²) in [7, 11) is 2.19. The molecule has 0 N–H and O–H groups in total. The number of rotatable bonds is 2. The molecular weight excluding hydrogens is 279 g/mol. The molecule has 0 radical (unpaired) electrons. The molecule has 2 fully saturated rings. The van der Waals surface area contributed by atoms with E-state index < -0.39 is 0 Å². The first-order valence-corrected chi connectivity index (χ1v) is 8.04. The molecule has 1 aromatic rings. The number of anilines is 1. The van der Waals surface area contributed by atoms with Crippen LogP contribution in [0.4, 0.5) is 10.1 Å². The molecule has 0 spiro atoms. The summed E-state index contributed by atoms with van der Waals surface area (Å²) in [5.41, 5.74) is 1.00. The van der Waals surface area contributed by atoms with Gasteiger partial charge in [-0.05, 0) is 44.6 Å². The molecule has 3 rings (SSSR count). The summed E-state index contributed by atoms with van der Waals surface area (Å²) in [4.78, 5) is 7.05. The van der Waals surface area contributed by atoms with Crippen LogP contribution in [0, 0.1) is 17.1 Å². The maximum atomic E-state index is 14.1. The fraction of sp³-hybridized carbons (Fsp3) is 0.588. The van der Waals surface area contributed by atoms with Gasteiger partial charge in [-0.3, -0.25) is 4.90 Å². The maximum absolute atomic E-state index is 14.1. The van der Waals surface area contributed by atoms with Gasteiger partial charge in [-0.2, -0.15) is 5.26 Å². The number of likely N-dealkylation sites (N-methyl/N-ethyl adjacent to an activating group) is 1. The van der Waals surface area contributed by atoms with Crippen LogP contribution in [0.15, 0.2) is 18.2 Å². The van der Waals surface area contributed by atoms with Crippen molar-refractivity contribution in [1.29, 1.82) is 5.26 Å². The highest BCUT2D eigenvalue weighted by Gasteiger charge is 2.27. The van der Waals surface area contributed by atoms with Gasteiger partial charge in [-0.1, -0.05) is 0 Å². The first kappa shape index (κ1) is 15.3. The Morgan fingerprint density at radius 2 is 1.95 bits per heavy atom. The lowest BCUT2D eigenvalue weighted by atomic mass is 10.0. The summed E-state index contributed by atoms with van der Waals surface area (Å²) < 4.78 is 14.1. The summed E-state index contributed by atoms with van der Waals surface area (Å²) in [6.45, 7) is 6.01.